The van der Waals surface area contributed by atoms with Crippen LogP contribution in [0, 0.1) is 0 Å². The van der Waals surface area contributed by atoms with Crippen molar-refractivity contribution in [2.45, 2.75) is 83.0 Å². The first kappa shape index (κ1) is 17.9. The number of aliphatic hydroxyl groups is 1. The molecule has 0 aliphatic rings. The molecule has 4 nitrogen and oxygen atoms in total. The van der Waals surface area contributed by atoms with Crippen LogP contribution in [0.3, 0.4) is 0 Å². The highest BCUT2D eigenvalue weighted by Gasteiger charge is 2.39. The first-order chi connectivity index (χ1) is 8.37. The Hall–Kier alpha value is -0.130. The molecular formula is C13H28O4S. The van der Waals surface area contributed by atoms with E-state index in [0.29, 0.717) is 12.8 Å². The number of unbranched alkanes of at least 4 members (excludes halogenated alkanes) is 6. The zero-order valence-corrected chi connectivity index (χ0v) is 12.5. The van der Waals surface area contributed by atoms with Gasteiger partial charge in [0.25, 0.3) is 10.1 Å². The first-order valence-corrected chi connectivity index (χ1v) is 8.51. The van der Waals surface area contributed by atoms with E-state index in [2.05, 4.69) is 6.92 Å². The summed E-state index contributed by atoms with van der Waals surface area (Å²) in [5.74, 6) is 0. The van der Waals surface area contributed by atoms with Gasteiger partial charge in [-0.2, -0.15) is 8.42 Å². The van der Waals surface area contributed by atoms with Gasteiger partial charge in [-0.1, -0.05) is 52.4 Å². The minimum absolute atomic E-state index is 0.132. The molecule has 110 valence electrons. The lowest BCUT2D eigenvalue weighted by molar-refractivity contribution is 0.0886. The average molecular weight is 280 g/mol. The highest BCUT2D eigenvalue weighted by atomic mass is 32.2. The zero-order valence-electron chi connectivity index (χ0n) is 11.7. The van der Waals surface area contributed by atoms with E-state index in [1.165, 1.54) is 0 Å². The number of rotatable bonds is 11. The maximum Gasteiger partial charge on any atom is 0.294 e. The molecule has 1 unspecified atom stereocenters. The lowest BCUT2D eigenvalue weighted by Gasteiger charge is -2.24. The molecule has 18 heavy (non-hydrogen) atoms. The Balaban J connectivity index is 4.23. The molecule has 0 amide bonds. The Morgan fingerprint density at radius 2 is 1.22 bits per heavy atom. The summed E-state index contributed by atoms with van der Waals surface area (Å²) in [6, 6.07) is 0. The van der Waals surface area contributed by atoms with Gasteiger partial charge >= 0.3 is 0 Å². The molecule has 0 aromatic heterocycles. The summed E-state index contributed by atoms with van der Waals surface area (Å²) < 4.78 is 31.7. The standard InChI is InChI=1S/C13H28O4S/c1-3-5-7-8-10-12-13(14,18(15,16)17)11-9-6-4-2/h14H,3-12H2,1-2H3,(H,15,16,17). The minimum Gasteiger partial charge on any atom is -0.372 e. The van der Waals surface area contributed by atoms with Gasteiger partial charge in [0.2, 0.25) is 0 Å². The van der Waals surface area contributed by atoms with Crippen molar-refractivity contribution in [2.24, 2.45) is 0 Å². The van der Waals surface area contributed by atoms with Gasteiger partial charge in [-0.3, -0.25) is 4.55 Å². The summed E-state index contributed by atoms with van der Waals surface area (Å²) in [5.41, 5.74) is 0. The molecule has 0 spiro atoms. The molecule has 0 saturated carbocycles. The molecular weight excluding hydrogens is 252 g/mol. The van der Waals surface area contributed by atoms with Gasteiger partial charge in [0.15, 0.2) is 4.93 Å². The van der Waals surface area contributed by atoms with Gasteiger partial charge < -0.3 is 5.11 Å². The Kier molecular flexibility index (Phi) is 8.82. The van der Waals surface area contributed by atoms with Crippen molar-refractivity contribution in [3.8, 4) is 0 Å². The molecule has 1 atom stereocenters. The van der Waals surface area contributed by atoms with E-state index in [1.54, 1.807) is 0 Å². The van der Waals surface area contributed by atoms with Gasteiger partial charge in [-0.05, 0) is 25.7 Å². The van der Waals surface area contributed by atoms with Gasteiger partial charge in [0.1, 0.15) is 0 Å². The van der Waals surface area contributed by atoms with Crippen molar-refractivity contribution in [1.82, 2.24) is 0 Å². The van der Waals surface area contributed by atoms with Gasteiger partial charge in [0.05, 0.1) is 0 Å². The molecule has 0 saturated heterocycles. The SMILES string of the molecule is CCCCCCCC(O)(CCCCC)S(=O)(=O)O. The highest BCUT2D eigenvalue weighted by Crippen LogP contribution is 2.27. The Bertz CT molecular complexity index is 300. The fourth-order valence-corrected chi connectivity index (χ4v) is 2.84. The van der Waals surface area contributed by atoms with Gasteiger partial charge in [0, 0.05) is 0 Å². The Morgan fingerprint density at radius 1 is 0.833 bits per heavy atom. The third-order valence-electron chi connectivity index (χ3n) is 3.32. The lowest BCUT2D eigenvalue weighted by Crippen LogP contribution is -2.38. The monoisotopic (exact) mass is 280 g/mol. The predicted molar refractivity (Wildman–Crippen MR) is 74.0 cm³/mol. The van der Waals surface area contributed by atoms with Crippen LogP contribution >= 0.6 is 0 Å². The van der Waals surface area contributed by atoms with Crippen LogP contribution in [0.25, 0.3) is 0 Å². The van der Waals surface area contributed by atoms with E-state index in [1.807, 2.05) is 6.92 Å². The van der Waals surface area contributed by atoms with Crippen LogP contribution in [0.4, 0.5) is 0 Å². The summed E-state index contributed by atoms with van der Waals surface area (Å²) in [4.78, 5) is -1.94. The summed E-state index contributed by atoms with van der Waals surface area (Å²) in [7, 11) is -4.38. The highest BCUT2D eigenvalue weighted by molar-refractivity contribution is 7.87. The maximum atomic E-state index is 11.3. The maximum absolute atomic E-state index is 11.3. The van der Waals surface area contributed by atoms with Gasteiger partial charge in [-0.25, -0.2) is 0 Å². The Labute approximate surface area is 112 Å². The lowest BCUT2D eigenvalue weighted by atomic mass is 10.0. The summed E-state index contributed by atoms with van der Waals surface area (Å²) in [5, 5.41) is 10.1. The normalized spacial score (nSPS) is 15.6. The van der Waals surface area contributed by atoms with Crippen LogP contribution in [0.1, 0.15) is 78.1 Å². The summed E-state index contributed by atoms with van der Waals surface area (Å²) >= 11 is 0. The van der Waals surface area contributed by atoms with Crippen molar-refractivity contribution < 1.29 is 18.1 Å². The van der Waals surface area contributed by atoms with Crippen LogP contribution in [0.5, 0.6) is 0 Å². The first-order valence-electron chi connectivity index (χ1n) is 7.06. The fraction of sp³-hybridized carbons (Fsp3) is 1.00. The van der Waals surface area contributed by atoms with Crippen LogP contribution in [-0.4, -0.2) is 23.0 Å². The van der Waals surface area contributed by atoms with Crippen LogP contribution in [-0.2, 0) is 10.1 Å². The molecule has 5 heteroatoms. The van der Waals surface area contributed by atoms with Crippen molar-refractivity contribution in [2.75, 3.05) is 0 Å². The fourth-order valence-electron chi connectivity index (χ4n) is 2.04. The molecule has 0 aromatic carbocycles. The van der Waals surface area contributed by atoms with E-state index < -0.39 is 15.1 Å². The van der Waals surface area contributed by atoms with E-state index >= 15 is 0 Å². The van der Waals surface area contributed by atoms with E-state index in [4.69, 9.17) is 4.55 Å². The quantitative estimate of drug-likeness (QED) is 0.448. The average Bonchev–Trinajstić information content (AvgIpc) is 2.28. The second-order valence-electron chi connectivity index (χ2n) is 5.04. The molecule has 0 aliphatic carbocycles. The molecule has 0 aromatic rings. The molecule has 0 heterocycles. The number of hydrogen-bond acceptors (Lipinski definition) is 3. The van der Waals surface area contributed by atoms with Gasteiger partial charge in [-0.15, -0.1) is 0 Å². The Morgan fingerprint density at radius 3 is 1.67 bits per heavy atom. The third kappa shape index (κ3) is 6.71. The van der Waals surface area contributed by atoms with Crippen molar-refractivity contribution in [3.05, 3.63) is 0 Å². The summed E-state index contributed by atoms with van der Waals surface area (Å²) in [6.45, 7) is 4.12. The van der Waals surface area contributed by atoms with E-state index in [9.17, 15) is 13.5 Å². The topological polar surface area (TPSA) is 74.6 Å². The third-order valence-corrected chi connectivity index (χ3v) is 4.69. The summed E-state index contributed by atoms with van der Waals surface area (Å²) in [6.07, 6.45) is 7.56. The van der Waals surface area contributed by atoms with Crippen molar-refractivity contribution in [1.29, 1.82) is 0 Å². The van der Waals surface area contributed by atoms with E-state index in [0.717, 1.165) is 38.5 Å². The number of hydrogen-bond donors (Lipinski definition) is 2. The molecule has 0 radical (unpaired) electrons. The van der Waals surface area contributed by atoms with Crippen LogP contribution < -0.4 is 0 Å². The molecule has 0 fully saturated rings. The molecule has 0 rings (SSSR count). The van der Waals surface area contributed by atoms with Crippen molar-refractivity contribution in [3.63, 3.8) is 0 Å². The van der Waals surface area contributed by atoms with E-state index in [-0.39, 0.29) is 12.8 Å². The smallest absolute Gasteiger partial charge is 0.294 e. The van der Waals surface area contributed by atoms with Crippen LogP contribution in [0.2, 0.25) is 0 Å². The second kappa shape index (κ2) is 8.88. The minimum atomic E-state index is -4.38. The van der Waals surface area contributed by atoms with Crippen molar-refractivity contribution >= 4 is 10.1 Å². The van der Waals surface area contributed by atoms with Crippen LogP contribution in [0.15, 0.2) is 0 Å². The second-order valence-corrected chi connectivity index (χ2v) is 6.75. The molecule has 0 bridgehead atoms. The largest absolute Gasteiger partial charge is 0.372 e. The molecule has 2 N–H and O–H groups in total. The zero-order chi connectivity index (χ0) is 14.1. The predicted octanol–water partition coefficient (Wildman–Crippen LogP) is 3.50. The molecule has 0 aliphatic heterocycles.